The number of rotatable bonds is 14. The van der Waals surface area contributed by atoms with Gasteiger partial charge in [-0.2, -0.15) is 0 Å². The molecule has 22 heavy (non-hydrogen) atoms. The van der Waals surface area contributed by atoms with Gasteiger partial charge in [-0.1, -0.05) is 0 Å². The van der Waals surface area contributed by atoms with Crippen molar-refractivity contribution in [3.8, 4) is 0 Å². The van der Waals surface area contributed by atoms with Gasteiger partial charge in [0.15, 0.2) is 0 Å². The van der Waals surface area contributed by atoms with E-state index in [1.165, 1.54) is 11.8 Å². The molecule has 0 saturated carbocycles. The van der Waals surface area contributed by atoms with Gasteiger partial charge in [-0.15, -0.1) is 11.8 Å². The second kappa shape index (κ2) is 13.3. The quantitative estimate of drug-likeness (QED) is 0.365. The fourth-order valence-electron chi connectivity index (χ4n) is 1.91. The van der Waals surface area contributed by atoms with Crippen molar-refractivity contribution in [1.82, 2.24) is 5.32 Å². The molecule has 1 amide bonds. The average molecular weight is 354 g/mol. The molecule has 0 aliphatic carbocycles. The van der Waals surface area contributed by atoms with Gasteiger partial charge in [0.2, 0.25) is 5.91 Å². The van der Waals surface area contributed by atoms with Crippen LogP contribution in [-0.2, 0) is 18.1 Å². The number of carbonyl (C=O) groups excluding carboxylic acids is 1. The lowest BCUT2D eigenvalue weighted by Gasteiger charge is -2.28. The first-order valence-corrected chi connectivity index (χ1v) is 11.0. The van der Waals surface area contributed by atoms with Crippen molar-refractivity contribution < 1.29 is 23.2 Å². The van der Waals surface area contributed by atoms with Crippen LogP contribution in [0.3, 0.4) is 0 Å². The molecule has 0 spiro atoms. The second-order valence-electron chi connectivity index (χ2n) is 4.80. The lowest BCUT2D eigenvalue weighted by atomic mass is 10.5. The number of carbonyl (C=O) groups is 1. The summed E-state index contributed by atoms with van der Waals surface area (Å²) in [7, 11) is -2.60. The van der Waals surface area contributed by atoms with Crippen LogP contribution in [0.15, 0.2) is 0 Å². The first-order chi connectivity index (χ1) is 10.5. The minimum absolute atomic E-state index is 0.0119. The summed E-state index contributed by atoms with van der Waals surface area (Å²) in [5, 5.41) is 12.0. The Balaban J connectivity index is 4.03. The number of nitrogens with one attached hydrogen (secondary N) is 1. The van der Waals surface area contributed by atoms with Gasteiger partial charge >= 0.3 is 8.80 Å². The summed E-state index contributed by atoms with van der Waals surface area (Å²) in [6.45, 7) is 9.78. The minimum atomic E-state index is -2.60. The van der Waals surface area contributed by atoms with Crippen LogP contribution in [0, 0.1) is 0 Å². The average Bonchev–Trinajstić information content (AvgIpc) is 2.44. The molecular formula is C14H31NO5SSi. The molecule has 6 nitrogen and oxygen atoms in total. The molecule has 0 bridgehead atoms. The zero-order valence-electron chi connectivity index (χ0n) is 14.2. The van der Waals surface area contributed by atoms with Crippen molar-refractivity contribution >= 4 is 26.5 Å². The maximum atomic E-state index is 11.6. The van der Waals surface area contributed by atoms with Crippen molar-refractivity contribution in [3.63, 3.8) is 0 Å². The molecule has 0 aliphatic heterocycles. The van der Waals surface area contributed by atoms with Crippen molar-refractivity contribution in [1.29, 1.82) is 0 Å². The van der Waals surface area contributed by atoms with Crippen LogP contribution in [0.25, 0.3) is 0 Å². The molecule has 1 atom stereocenters. The van der Waals surface area contributed by atoms with E-state index in [9.17, 15) is 4.79 Å². The van der Waals surface area contributed by atoms with E-state index in [1.54, 1.807) is 6.92 Å². The van der Waals surface area contributed by atoms with E-state index < -0.39 is 8.80 Å². The molecule has 0 fully saturated rings. The van der Waals surface area contributed by atoms with Crippen molar-refractivity contribution in [2.24, 2.45) is 0 Å². The third-order valence-electron chi connectivity index (χ3n) is 2.67. The van der Waals surface area contributed by atoms with Crippen LogP contribution in [-0.4, -0.2) is 63.8 Å². The maximum absolute atomic E-state index is 11.6. The number of aliphatic hydroxyl groups is 1. The Labute approximate surface area is 139 Å². The van der Waals surface area contributed by atoms with Gasteiger partial charge < -0.3 is 23.7 Å². The van der Waals surface area contributed by atoms with E-state index >= 15 is 0 Å². The molecule has 0 heterocycles. The molecule has 132 valence electrons. The van der Waals surface area contributed by atoms with Gasteiger partial charge in [0, 0.05) is 38.2 Å². The van der Waals surface area contributed by atoms with Crippen LogP contribution in [0.1, 0.15) is 34.1 Å². The summed E-state index contributed by atoms with van der Waals surface area (Å²) < 4.78 is 17.3. The van der Waals surface area contributed by atoms with Crippen LogP contribution >= 0.6 is 11.8 Å². The Kier molecular flexibility index (Phi) is 13.3. The normalized spacial score (nSPS) is 13.1. The molecule has 1 unspecified atom stereocenters. The highest BCUT2D eigenvalue weighted by Crippen LogP contribution is 2.17. The molecule has 0 aromatic heterocycles. The number of hydrogen-bond donors (Lipinski definition) is 2. The number of hydrogen-bond acceptors (Lipinski definition) is 6. The van der Waals surface area contributed by atoms with Crippen LogP contribution < -0.4 is 5.32 Å². The predicted octanol–water partition coefficient (Wildman–Crippen LogP) is 1.66. The number of amides is 1. The SMILES string of the molecule is CCO[Si](CCCNC(=O)CSCC(C)O)(OCC)OCC. The summed E-state index contributed by atoms with van der Waals surface area (Å²) in [6.07, 6.45) is 0.381. The van der Waals surface area contributed by atoms with Gasteiger partial charge in [-0.05, 0) is 34.1 Å². The van der Waals surface area contributed by atoms with Gasteiger partial charge in [0.1, 0.15) is 0 Å². The van der Waals surface area contributed by atoms with Crippen LogP contribution in [0.2, 0.25) is 6.04 Å². The van der Waals surface area contributed by atoms with Gasteiger partial charge in [-0.3, -0.25) is 4.79 Å². The van der Waals surface area contributed by atoms with E-state index in [-0.39, 0.29) is 12.0 Å². The molecule has 2 N–H and O–H groups in total. The Morgan fingerprint density at radius 1 is 1.18 bits per heavy atom. The van der Waals surface area contributed by atoms with E-state index in [2.05, 4.69) is 5.32 Å². The Hall–Kier alpha value is -0.123. The summed E-state index contributed by atoms with van der Waals surface area (Å²) in [5.74, 6) is 0.931. The van der Waals surface area contributed by atoms with Gasteiger partial charge in [-0.25, -0.2) is 0 Å². The van der Waals surface area contributed by atoms with Crippen molar-refractivity contribution in [3.05, 3.63) is 0 Å². The molecule has 8 heteroatoms. The highest BCUT2D eigenvalue weighted by Gasteiger charge is 2.39. The standard InChI is InChI=1S/C14H31NO5SSi/c1-5-18-22(19-6-2,20-7-3)10-8-9-15-14(17)12-21-11-13(4)16/h13,16H,5-12H2,1-4H3,(H,15,17). The third-order valence-corrected chi connectivity index (χ3v) is 7.00. The Morgan fingerprint density at radius 3 is 2.18 bits per heavy atom. The lowest BCUT2D eigenvalue weighted by Crippen LogP contribution is -2.46. The molecule has 0 aliphatic rings. The lowest BCUT2D eigenvalue weighted by molar-refractivity contribution is -0.118. The summed E-state index contributed by atoms with van der Waals surface area (Å²) in [6, 6.07) is 0.698. The summed E-state index contributed by atoms with van der Waals surface area (Å²) >= 11 is 1.43. The summed E-state index contributed by atoms with van der Waals surface area (Å²) in [4.78, 5) is 11.6. The van der Waals surface area contributed by atoms with Crippen molar-refractivity contribution in [2.45, 2.75) is 46.3 Å². The molecule has 0 saturated heterocycles. The van der Waals surface area contributed by atoms with Gasteiger partial charge in [0.25, 0.3) is 0 Å². The van der Waals surface area contributed by atoms with Crippen LogP contribution in [0.4, 0.5) is 0 Å². The van der Waals surface area contributed by atoms with E-state index in [4.69, 9.17) is 18.4 Å². The zero-order valence-corrected chi connectivity index (χ0v) is 16.0. The zero-order chi connectivity index (χ0) is 16.8. The van der Waals surface area contributed by atoms with E-state index in [0.717, 1.165) is 6.42 Å². The topological polar surface area (TPSA) is 77.0 Å². The van der Waals surface area contributed by atoms with E-state index in [0.29, 0.717) is 43.9 Å². The Morgan fingerprint density at radius 2 is 1.73 bits per heavy atom. The molecule has 0 rings (SSSR count). The molecule has 0 radical (unpaired) electrons. The smallest absolute Gasteiger partial charge is 0.393 e. The number of aliphatic hydroxyl groups excluding tert-OH is 1. The van der Waals surface area contributed by atoms with E-state index in [1.807, 2.05) is 20.8 Å². The Bertz CT molecular complexity index is 277. The highest BCUT2D eigenvalue weighted by atomic mass is 32.2. The largest absolute Gasteiger partial charge is 0.500 e. The predicted molar refractivity (Wildman–Crippen MR) is 92.1 cm³/mol. The fraction of sp³-hybridized carbons (Fsp3) is 0.929. The molecular weight excluding hydrogens is 322 g/mol. The summed E-state index contributed by atoms with van der Waals surface area (Å²) in [5.41, 5.74) is 0. The first kappa shape index (κ1) is 21.9. The van der Waals surface area contributed by atoms with Gasteiger partial charge in [0.05, 0.1) is 11.9 Å². The third kappa shape index (κ3) is 10.6. The highest BCUT2D eigenvalue weighted by molar-refractivity contribution is 7.99. The monoisotopic (exact) mass is 353 g/mol. The first-order valence-electron chi connectivity index (χ1n) is 7.94. The second-order valence-corrected chi connectivity index (χ2v) is 8.56. The fourth-order valence-corrected chi connectivity index (χ4v) is 5.27. The number of thioether (sulfide) groups is 1. The maximum Gasteiger partial charge on any atom is 0.500 e. The van der Waals surface area contributed by atoms with Crippen molar-refractivity contribution in [2.75, 3.05) is 37.9 Å². The molecule has 0 aromatic carbocycles. The minimum Gasteiger partial charge on any atom is -0.393 e. The molecule has 0 aromatic rings. The van der Waals surface area contributed by atoms with Crippen LogP contribution in [0.5, 0.6) is 0 Å².